The van der Waals surface area contributed by atoms with Crippen molar-refractivity contribution < 1.29 is 4.74 Å². The highest BCUT2D eigenvalue weighted by Crippen LogP contribution is 2.34. The lowest BCUT2D eigenvalue weighted by Gasteiger charge is -2.11. The molecule has 0 saturated carbocycles. The Labute approximate surface area is 356 Å². The van der Waals surface area contributed by atoms with Crippen LogP contribution < -0.4 is 15.4 Å². The van der Waals surface area contributed by atoms with Gasteiger partial charge in [-0.3, -0.25) is 9.97 Å². The van der Waals surface area contributed by atoms with Crippen LogP contribution >= 0.6 is 0 Å². The number of aryl methyl sites for hydroxylation is 4. The number of pyridine rings is 4. The Balaban J connectivity index is 0.921. The predicted octanol–water partition coefficient (Wildman–Crippen LogP) is 8.81. The van der Waals surface area contributed by atoms with Crippen molar-refractivity contribution in [1.29, 1.82) is 0 Å². The monoisotopic (exact) mass is 818 g/mol. The number of methoxy groups -OCH3 is 1. The highest BCUT2D eigenvalue weighted by atomic mass is 16.5. The van der Waals surface area contributed by atoms with Crippen LogP contribution in [0.4, 0.5) is 11.4 Å². The zero-order chi connectivity index (χ0) is 42.3. The van der Waals surface area contributed by atoms with Crippen molar-refractivity contribution in [3.63, 3.8) is 0 Å². The van der Waals surface area contributed by atoms with Crippen LogP contribution in [0.1, 0.15) is 34.2 Å². The molecule has 0 aliphatic carbocycles. The lowest BCUT2D eigenvalue weighted by molar-refractivity contribution is 0.416. The first-order valence-corrected chi connectivity index (χ1v) is 20.2. The van der Waals surface area contributed by atoms with E-state index in [0.29, 0.717) is 18.9 Å². The van der Waals surface area contributed by atoms with Gasteiger partial charge in [0.1, 0.15) is 23.7 Å². The zero-order valence-corrected chi connectivity index (χ0v) is 34.8. The summed E-state index contributed by atoms with van der Waals surface area (Å²) in [7, 11) is 1.66. The van der Waals surface area contributed by atoms with Gasteiger partial charge in [0, 0.05) is 46.2 Å². The molecule has 2 aromatic carbocycles. The molecule has 0 bridgehead atoms. The van der Waals surface area contributed by atoms with Crippen molar-refractivity contribution in [3.05, 3.63) is 150 Å². The largest absolute Gasteiger partial charge is 0.495 e. The summed E-state index contributed by atoms with van der Waals surface area (Å²) in [5.74, 6) is 2.93. The van der Waals surface area contributed by atoms with Crippen LogP contribution in [0, 0.1) is 27.7 Å². The van der Waals surface area contributed by atoms with Crippen molar-refractivity contribution in [2.75, 3.05) is 17.7 Å². The molecule has 8 aromatic heterocycles. The number of imidazole rings is 2. The molecule has 0 aliphatic heterocycles. The van der Waals surface area contributed by atoms with Gasteiger partial charge >= 0.3 is 0 Å². The molecule has 0 amide bonds. The lowest BCUT2D eigenvalue weighted by atomic mass is 10.0. The molecule has 306 valence electrons. The van der Waals surface area contributed by atoms with Crippen molar-refractivity contribution in [1.82, 2.24) is 59.1 Å². The van der Waals surface area contributed by atoms with Gasteiger partial charge in [-0.15, -0.1) is 5.10 Å². The summed E-state index contributed by atoms with van der Waals surface area (Å²) in [5, 5.41) is 16.4. The first-order chi connectivity index (χ1) is 30.3. The third-order valence-electron chi connectivity index (χ3n) is 10.7. The van der Waals surface area contributed by atoms with Gasteiger partial charge in [0.25, 0.3) is 0 Å². The number of rotatable bonds is 12. The average Bonchev–Trinajstić information content (AvgIpc) is 4.10. The maximum atomic E-state index is 5.55. The number of nitrogens with one attached hydrogen (secondary N) is 4. The summed E-state index contributed by atoms with van der Waals surface area (Å²) >= 11 is 0. The van der Waals surface area contributed by atoms with E-state index in [9.17, 15) is 0 Å². The van der Waals surface area contributed by atoms with Crippen LogP contribution in [0.15, 0.2) is 116 Å². The fourth-order valence-corrected chi connectivity index (χ4v) is 7.82. The molecule has 10 aromatic rings. The number of anilines is 2. The summed E-state index contributed by atoms with van der Waals surface area (Å²) in [6.07, 6.45) is 5.45. The van der Waals surface area contributed by atoms with Crippen molar-refractivity contribution in [2.24, 2.45) is 0 Å². The van der Waals surface area contributed by atoms with E-state index in [4.69, 9.17) is 34.8 Å². The molecule has 0 saturated heterocycles. The fraction of sp³-hybridized carbons (Fsp3) is 0.149. The first-order valence-electron chi connectivity index (χ1n) is 20.2. The van der Waals surface area contributed by atoms with Gasteiger partial charge in [-0.2, -0.15) is 5.10 Å². The van der Waals surface area contributed by atoms with E-state index in [1.165, 1.54) is 0 Å². The van der Waals surface area contributed by atoms with E-state index in [0.717, 1.165) is 113 Å². The topological polar surface area (TPSA) is 177 Å². The molecule has 62 heavy (non-hydrogen) atoms. The minimum Gasteiger partial charge on any atom is -0.495 e. The minimum absolute atomic E-state index is 0.453. The van der Waals surface area contributed by atoms with E-state index < -0.39 is 0 Å². The number of benzene rings is 2. The lowest BCUT2D eigenvalue weighted by Crippen LogP contribution is -2.03. The third kappa shape index (κ3) is 7.36. The SMILES string of the molecule is COc1ccccc1NCc1nc(-c2ccc3nc(-c4c(C)cc(NCc5nc(-c6ccc7ncnn7c6)c(-c6cccc(C)n6)[nH]5)cc4C)nn3c2)c(-c2cccc(C)n2)[nH]1. The molecule has 8 heterocycles. The maximum absolute atomic E-state index is 5.55. The van der Waals surface area contributed by atoms with Gasteiger partial charge in [-0.1, -0.05) is 24.3 Å². The highest BCUT2D eigenvalue weighted by Gasteiger charge is 2.20. The predicted molar refractivity (Wildman–Crippen MR) is 240 cm³/mol. The highest BCUT2D eigenvalue weighted by molar-refractivity contribution is 5.79. The number of aromatic amines is 2. The molecule has 15 heteroatoms. The summed E-state index contributed by atoms with van der Waals surface area (Å²) in [6, 6.07) is 32.0. The van der Waals surface area contributed by atoms with Gasteiger partial charge < -0.3 is 25.3 Å². The van der Waals surface area contributed by atoms with Crippen LogP contribution in [0.2, 0.25) is 0 Å². The summed E-state index contributed by atoms with van der Waals surface area (Å²) in [5.41, 5.74) is 14.8. The van der Waals surface area contributed by atoms with Gasteiger partial charge in [0.05, 0.1) is 60.1 Å². The van der Waals surface area contributed by atoms with E-state index >= 15 is 0 Å². The van der Waals surface area contributed by atoms with Crippen molar-refractivity contribution in [3.8, 4) is 62.4 Å². The van der Waals surface area contributed by atoms with E-state index in [1.54, 1.807) is 18.0 Å². The Hall–Kier alpha value is -8.20. The Morgan fingerprint density at radius 1 is 0.613 bits per heavy atom. The molecule has 0 radical (unpaired) electrons. The fourth-order valence-electron chi connectivity index (χ4n) is 7.82. The third-order valence-corrected chi connectivity index (χ3v) is 10.7. The molecule has 0 fully saturated rings. The normalized spacial score (nSPS) is 11.4. The van der Waals surface area contributed by atoms with Crippen LogP contribution in [-0.2, 0) is 13.1 Å². The number of H-pyrrole nitrogens is 2. The Morgan fingerprint density at radius 2 is 1.23 bits per heavy atom. The second-order valence-corrected chi connectivity index (χ2v) is 15.2. The van der Waals surface area contributed by atoms with Crippen molar-refractivity contribution >= 4 is 22.7 Å². The van der Waals surface area contributed by atoms with E-state index in [1.807, 2.05) is 116 Å². The van der Waals surface area contributed by atoms with Crippen LogP contribution in [0.25, 0.3) is 68.0 Å². The second-order valence-electron chi connectivity index (χ2n) is 15.2. The van der Waals surface area contributed by atoms with Crippen molar-refractivity contribution in [2.45, 2.75) is 40.8 Å². The second kappa shape index (κ2) is 15.8. The van der Waals surface area contributed by atoms with Gasteiger partial charge in [-0.25, -0.2) is 29.0 Å². The molecule has 15 nitrogen and oxygen atoms in total. The number of aromatic nitrogens is 12. The number of nitrogens with zero attached hydrogens (tertiary/aromatic N) is 10. The molecule has 10 rings (SSSR count). The van der Waals surface area contributed by atoms with Crippen LogP contribution in [0.5, 0.6) is 5.75 Å². The first kappa shape index (κ1) is 38.0. The number of hydrogen-bond acceptors (Lipinski definition) is 11. The molecule has 4 N–H and O–H groups in total. The molecule has 0 aliphatic rings. The molecule has 0 spiro atoms. The number of fused-ring (bicyclic) bond motifs is 2. The quantitative estimate of drug-likeness (QED) is 0.0927. The van der Waals surface area contributed by atoms with Crippen LogP contribution in [-0.4, -0.2) is 66.2 Å². The van der Waals surface area contributed by atoms with Gasteiger partial charge in [-0.05, 0) is 112 Å². The van der Waals surface area contributed by atoms with Gasteiger partial charge in [0.2, 0.25) is 0 Å². The minimum atomic E-state index is 0.453. The smallest absolute Gasteiger partial charge is 0.182 e. The average molecular weight is 819 g/mol. The molecule has 0 unspecified atom stereocenters. The summed E-state index contributed by atoms with van der Waals surface area (Å²) in [6.45, 7) is 9.05. The Bertz CT molecular complexity index is 3240. The van der Waals surface area contributed by atoms with Crippen LogP contribution in [0.3, 0.4) is 0 Å². The Morgan fingerprint density at radius 3 is 1.87 bits per heavy atom. The van der Waals surface area contributed by atoms with E-state index in [-0.39, 0.29) is 0 Å². The molecule has 0 atom stereocenters. The number of para-hydroxylation sites is 2. The van der Waals surface area contributed by atoms with Gasteiger partial charge in [0.15, 0.2) is 17.1 Å². The molecular weight excluding hydrogens is 777 g/mol. The summed E-state index contributed by atoms with van der Waals surface area (Å²) in [4.78, 5) is 36.1. The standard InChI is InChI=1S/C47H42N14O/c1-27-20-33(48-22-38-54-43(31-16-18-40-50-26-51-60(40)24-31)45(56-38)35-13-8-10-29(3)52-35)21-28(2)42(27)47-58-41-19-17-32(25-61(41)59-47)44-46(36-14-9-11-30(4)53-36)57-39(55-44)23-49-34-12-6-7-15-37(34)62-5/h6-21,24-26,48-49H,22-23H2,1-5H3,(H,54,56)(H,55,57). The number of hydrogen-bond donors (Lipinski definition) is 4. The maximum Gasteiger partial charge on any atom is 0.182 e. The Kier molecular flexibility index (Phi) is 9.67. The zero-order valence-electron chi connectivity index (χ0n) is 34.8. The van der Waals surface area contributed by atoms with E-state index in [2.05, 4.69) is 56.7 Å². The summed E-state index contributed by atoms with van der Waals surface area (Å²) < 4.78 is 9.12. The molecular formula is C47H42N14O. The number of ether oxygens (including phenoxy) is 1.